The average molecular weight is 319 g/mol. The van der Waals surface area contributed by atoms with Gasteiger partial charge in [0, 0.05) is 17.6 Å². The summed E-state index contributed by atoms with van der Waals surface area (Å²) in [5.74, 6) is 0. The maximum Gasteiger partial charge on any atom is 0.407 e. The van der Waals surface area contributed by atoms with Gasteiger partial charge in [0.15, 0.2) is 0 Å². The molecule has 0 radical (unpaired) electrons. The molecule has 1 amide bonds. The van der Waals surface area contributed by atoms with Crippen LogP contribution >= 0.6 is 23.2 Å². The Labute approximate surface area is 129 Å². The van der Waals surface area contributed by atoms with Crippen molar-refractivity contribution in [2.24, 2.45) is 0 Å². The SMILES string of the molecule is CC(CNC(=O)OC(C)(C)C)Nc1cc(Cl)ccc1Cl. The minimum atomic E-state index is -0.503. The second kappa shape index (κ2) is 7.04. The van der Waals surface area contributed by atoms with Crippen LogP contribution in [0.15, 0.2) is 18.2 Å². The van der Waals surface area contributed by atoms with Crippen LogP contribution in [-0.2, 0) is 4.74 Å². The lowest BCUT2D eigenvalue weighted by molar-refractivity contribution is 0.0526. The Morgan fingerprint density at radius 1 is 1.35 bits per heavy atom. The zero-order valence-corrected chi connectivity index (χ0v) is 13.6. The fourth-order valence-electron chi connectivity index (χ4n) is 1.48. The molecule has 4 nitrogen and oxygen atoms in total. The third kappa shape index (κ3) is 6.35. The number of rotatable bonds is 4. The second-order valence-electron chi connectivity index (χ2n) is 5.55. The van der Waals surface area contributed by atoms with Crippen molar-refractivity contribution in [1.29, 1.82) is 0 Å². The van der Waals surface area contributed by atoms with Gasteiger partial charge in [0.05, 0.1) is 10.7 Å². The number of hydrogen-bond donors (Lipinski definition) is 2. The van der Waals surface area contributed by atoms with Crippen molar-refractivity contribution in [1.82, 2.24) is 5.32 Å². The largest absolute Gasteiger partial charge is 0.444 e. The summed E-state index contributed by atoms with van der Waals surface area (Å²) in [6.07, 6.45) is -0.441. The van der Waals surface area contributed by atoms with E-state index in [1.54, 1.807) is 18.2 Å². The molecule has 0 aliphatic rings. The first-order valence-electron chi connectivity index (χ1n) is 6.36. The van der Waals surface area contributed by atoms with Gasteiger partial charge in [0.1, 0.15) is 5.60 Å². The van der Waals surface area contributed by atoms with Gasteiger partial charge < -0.3 is 15.4 Å². The first kappa shape index (κ1) is 16.9. The van der Waals surface area contributed by atoms with E-state index >= 15 is 0 Å². The van der Waals surface area contributed by atoms with Gasteiger partial charge in [-0.2, -0.15) is 0 Å². The molecule has 1 unspecified atom stereocenters. The summed E-state index contributed by atoms with van der Waals surface area (Å²) >= 11 is 12.0. The topological polar surface area (TPSA) is 50.4 Å². The van der Waals surface area contributed by atoms with Crippen molar-refractivity contribution in [3.8, 4) is 0 Å². The van der Waals surface area contributed by atoms with Gasteiger partial charge in [-0.1, -0.05) is 23.2 Å². The van der Waals surface area contributed by atoms with Crippen LogP contribution in [0.3, 0.4) is 0 Å². The molecule has 0 saturated heterocycles. The summed E-state index contributed by atoms with van der Waals surface area (Å²) in [5.41, 5.74) is 0.231. The predicted octanol–water partition coefficient (Wildman–Crippen LogP) is 4.32. The van der Waals surface area contributed by atoms with Crippen LogP contribution in [0.25, 0.3) is 0 Å². The third-order valence-corrected chi connectivity index (χ3v) is 2.85. The number of anilines is 1. The minimum absolute atomic E-state index is 0.0153. The van der Waals surface area contributed by atoms with Gasteiger partial charge >= 0.3 is 6.09 Å². The molecule has 0 fully saturated rings. The highest BCUT2D eigenvalue weighted by Gasteiger charge is 2.16. The predicted molar refractivity (Wildman–Crippen MR) is 83.8 cm³/mol. The van der Waals surface area contributed by atoms with Crippen LogP contribution in [0, 0.1) is 0 Å². The van der Waals surface area contributed by atoms with Crippen LogP contribution in [0.1, 0.15) is 27.7 Å². The van der Waals surface area contributed by atoms with Crippen molar-refractivity contribution >= 4 is 35.0 Å². The highest BCUT2D eigenvalue weighted by molar-refractivity contribution is 6.35. The number of alkyl carbamates (subject to hydrolysis) is 1. The molecular formula is C14H20Cl2N2O2. The fraction of sp³-hybridized carbons (Fsp3) is 0.500. The van der Waals surface area contributed by atoms with Crippen LogP contribution in [-0.4, -0.2) is 24.3 Å². The van der Waals surface area contributed by atoms with E-state index in [2.05, 4.69) is 10.6 Å². The normalized spacial score (nSPS) is 12.7. The maximum atomic E-state index is 11.5. The molecular weight excluding hydrogens is 299 g/mol. The number of nitrogens with one attached hydrogen (secondary N) is 2. The number of hydrogen-bond acceptors (Lipinski definition) is 3. The number of carbonyl (C=O) groups is 1. The summed E-state index contributed by atoms with van der Waals surface area (Å²) in [7, 11) is 0. The van der Waals surface area contributed by atoms with E-state index in [1.165, 1.54) is 0 Å². The molecule has 112 valence electrons. The van der Waals surface area contributed by atoms with Crippen molar-refractivity contribution in [3.63, 3.8) is 0 Å². The van der Waals surface area contributed by atoms with Gasteiger partial charge in [-0.05, 0) is 45.9 Å². The van der Waals surface area contributed by atoms with E-state index in [1.807, 2.05) is 27.7 Å². The molecule has 0 aromatic heterocycles. The quantitative estimate of drug-likeness (QED) is 0.869. The molecule has 0 saturated carbocycles. The number of amides is 1. The van der Waals surface area contributed by atoms with E-state index in [4.69, 9.17) is 27.9 Å². The molecule has 1 atom stereocenters. The minimum Gasteiger partial charge on any atom is -0.444 e. The van der Waals surface area contributed by atoms with Crippen LogP contribution in [0.5, 0.6) is 0 Å². The van der Waals surface area contributed by atoms with E-state index < -0.39 is 11.7 Å². The molecule has 0 bridgehead atoms. The van der Waals surface area contributed by atoms with Gasteiger partial charge in [0.25, 0.3) is 0 Å². The highest BCUT2D eigenvalue weighted by Crippen LogP contribution is 2.25. The zero-order valence-electron chi connectivity index (χ0n) is 12.1. The molecule has 0 aliphatic heterocycles. The van der Waals surface area contributed by atoms with E-state index in [9.17, 15) is 4.79 Å². The van der Waals surface area contributed by atoms with E-state index in [0.29, 0.717) is 16.6 Å². The Morgan fingerprint density at radius 3 is 2.60 bits per heavy atom. The standard InChI is InChI=1S/C14H20Cl2N2O2/c1-9(8-17-13(19)20-14(2,3)4)18-12-7-10(15)5-6-11(12)16/h5-7,9,18H,8H2,1-4H3,(H,17,19). The monoisotopic (exact) mass is 318 g/mol. The summed E-state index contributed by atoms with van der Waals surface area (Å²) in [6, 6.07) is 5.17. The second-order valence-corrected chi connectivity index (χ2v) is 6.40. The van der Waals surface area contributed by atoms with Crippen molar-refractivity contribution in [2.45, 2.75) is 39.3 Å². The van der Waals surface area contributed by atoms with E-state index in [-0.39, 0.29) is 6.04 Å². The Balaban J connectivity index is 2.46. The number of halogens is 2. The van der Waals surface area contributed by atoms with Gasteiger partial charge in [-0.3, -0.25) is 0 Å². The lowest BCUT2D eigenvalue weighted by atomic mass is 10.2. The maximum absolute atomic E-state index is 11.5. The summed E-state index contributed by atoms with van der Waals surface area (Å²) in [6.45, 7) is 7.80. The third-order valence-electron chi connectivity index (χ3n) is 2.28. The highest BCUT2D eigenvalue weighted by atomic mass is 35.5. The Morgan fingerprint density at radius 2 is 2.00 bits per heavy atom. The lowest BCUT2D eigenvalue weighted by Crippen LogP contribution is -2.38. The summed E-state index contributed by atoms with van der Waals surface area (Å²) in [5, 5.41) is 7.06. The van der Waals surface area contributed by atoms with Gasteiger partial charge in [0.2, 0.25) is 0 Å². The Hall–Kier alpha value is -1.13. The molecule has 1 aromatic rings. The molecule has 2 N–H and O–H groups in total. The van der Waals surface area contributed by atoms with Crippen molar-refractivity contribution in [3.05, 3.63) is 28.2 Å². The molecule has 6 heteroatoms. The number of benzene rings is 1. The van der Waals surface area contributed by atoms with Gasteiger partial charge in [-0.25, -0.2) is 4.79 Å². The number of ether oxygens (including phenoxy) is 1. The summed E-state index contributed by atoms with van der Waals surface area (Å²) < 4.78 is 5.16. The fourth-order valence-corrected chi connectivity index (χ4v) is 1.82. The molecule has 0 heterocycles. The lowest BCUT2D eigenvalue weighted by Gasteiger charge is -2.21. The molecule has 1 aromatic carbocycles. The molecule has 0 aliphatic carbocycles. The van der Waals surface area contributed by atoms with Crippen LogP contribution < -0.4 is 10.6 Å². The van der Waals surface area contributed by atoms with E-state index in [0.717, 1.165) is 5.69 Å². The molecule has 20 heavy (non-hydrogen) atoms. The smallest absolute Gasteiger partial charge is 0.407 e. The Kier molecular flexibility index (Phi) is 5.96. The Bertz CT molecular complexity index is 473. The summed E-state index contributed by atoms with van der Waals surface area (Å²) in [4.78, 5) is 11.5. The average Bonchev–Trinajstić information content (AvgIpc) is 2.29. The first-order chi connectivity index (χ1) is 9.17. The van der Waals surface area contributed by atoms with Crippen LogP contribution in [0.2, 0.25) is 10.0 Å². The number of carbonyl (C=O) groups excluding carboxylic acids is 1. The van der Waals surface area contributed by atoms with Gasteiger partial charge in [-0.15, -0.1) is 0 Å². The van der Waals surface area contributed by atoms with Crippen molar-refractivity contribution < 1.29 is 9.53 Å². The molecule has 1 rings (SSSR count). The first-order valence-corrected chi connectivity index (χ1v) is 7.11. The van der Waals surface area contributed by atoms with Crippen molar-refractivity contribution in [2.75, 3.05) is 11.9 Å². The zero-order chi connectivity index (χ0) is 15.3. The van der Waals surface area contributed by atoms with Crippen LogP contribution in [0.4, 0.5) is 10.5 Å². The molecule has 0 spiro atoms.